The Morgan fingerprint density at radius 2 is 2.11 bits per heavy atom. The van der Waals surface area contributed by atoms with Crippen molar-refractivity contribution in [3.63, 3.8) is 0 Å². The smallest absolute Gasteiger partial charge is 0.410 e. The van der Waals surface area contributed by atoms with Crippen LogP contribution in [0.2, 0.25) is 0 Å². The van der Waals surface area contributed by atoms with Crippen LogP contribution in [-0.4, -0.2) is 53.5 Å². The van der Waals surface area contributed by atoms with Crippen molar-refractivity contribution in [1.29, 1.82) is 0 Å². The van der Waals surface area contributed by atoms with Crippen LogP contribution in [0.15, 0.2) is 0 Å². The highest BCUT2D eigenvalue weighted by molar-refractivity contribution is 5.74. The van der Waals surface area contributed by atoms with Crippen LogP contribution < -0.4 is 0 Å². The Kier molecular flexibility index (Phi) is 5.17. The number of morpholine rings is 1. The van der Waals surface area contributed by atoms with Gasteiger partial charge in [0.1, 0.15) is 5.60 Å². The molecule has 0 aliphatic carbocycles. The Morgan fingerprint density at radius 1 is 1.47 bits per heavy atom. The van der Waals surface area contributed by atoms with Crippen LogP contribution in [0.1, 0.15) is 34.1 Å². The molecular weight excluding hydrogens is 250 g/mol. The summed E-state index contributed by atoms with van der Waals surface area (Å²) in [5.41, 5.74) is -0.592. The number of carboxylic acid groups (broad SMARTS) is 1. The molecule has 1 N–H and O–H groups in total. The third-order valence-corrected chi connectivity index (χ3v) is 3.01. The van der Waals surface area contributed by atoms with E-state index in [0.29, 0.717) is 19.6 Å². The molecule has 0 aromatic carbocycles. The van der Waals surface area contributed by atoms with E-state index in [-0.39, 0.29) is 6.61 Å². The van der Waals surface area contributed by atoms with E-state index in [1.54, 1.807) is 27.7 Å². The van der Waals surface area contributed by atoms with E-state index in [2.05, 4.69) is 0 Å². The van der Waals surface area contributed by atoms with Crippen LogP contribution in [0.4, 0.5) is 4.79 Å². The maximum Gasteiger partial charge on any atom is 0.410 e. The maximum absolute atomic E-state index is 12.1. The minimum atomic E-state index is -0.911. The third kappa shape index (κ3) is 4.38. The fourth-order valence-corrected chi connectivity index (χ4v) is 2.11. The molecule has 1 heterocycles. The van der Waals surface area contributed by atoms with Crippen molar-refractivity contribution in [2.75, 3.05) is 19.8 Å². The van der Waals surface area contributed by atoms with Crippen molar-refractivity contribution < 1.29 is 24.2 Å². The van der Waals surface area contributed by atoms with Gasteiger partial charge in [-0.15, -0.1) is 0 Å². The van der Waals surface area contributed by atoms with Crippen LogP contribution >= 0.6 is 0 Å². The molecule has 6 nitrogen and oxygen atoms in total. The Balaban J connectivity index is 2.82. The molecule has 2 unspecified atom stereocenters. The summed E-state index contributed by atoms with van der Waals surface area (Å²) < 4.78 is 10.6. The molecule has 1 aliphatic rings. The molecular formula is C13H23NO5. The lowest BCUT2D eigenvalue weighted by Gasteiger charge is -2.39. The highest BCUT2D eigenvalue weighted by Crippen LogP contribution is 2.22. The van der Waals surface area contributed by atoms with E-state index in [1.165, 1.54) is 4.90 Å². The van der Waals surface area contributed by atoms with Crippen LogP contribution in [-0.2, 0) is 14.3 Å². The number of rotatable bonds is 3. The molecule has 0 saturated carbocycles. The molecule has 0 spiro atoms. The maximum atomic E-state index is 12.1. The number of ether oxygens (including phenoxy) is 2. The first-order valence-corrected chi connectivity index (χ1v) is 6.56. The Hall–Kier alpha value is -1.30. The minimum Gasteiger partial charge on any atom is -0.481 e. The molecule has 1 saturated heterocycles. The number of carbonyl (C=O) groups excluding carboxylic acids is 1. The number of aliphatic carboxylic acids is 1. The second-order valence-electron chi connectivity index (χ2n) is 5.67. The van der Waals surface area contributed by atoms with Crippen molar-refractivity contribution in [2.24, 2.45) is 5.92 Å². The van der Waals surface area contributed by atoms with Gasteiger partial charge in [0.05, 0.1) is 25.2 Å². The lowest BCUT2D eigenvalue weighted by molar-refractivity contribution is -0.147. The molecule has 110 valence electrons. The van der Waals surface area contributed by atoms with Gasteiger partial charge in [-0.2, -0.15) is 0 Å². The summed E-state index contributed by atoms with van der Waals surface area (Å²) in [4.78, 5) is 24.9. The van der Waals surface area contributed by atoms with Crippen LogP contribution in [0.25, 0.3) is 0 Å². The fraction of sp³-hybridized carbons (Fsp3) is 0.846. The van der Waals surface area contributed by atoms with E-state index in [4.69, 9.17) is 9.47 Å². The van der Waals surface area contributed by atoms with Crippen molar-refractivity contribution in [3.05, 3.63) is 0 Å². The summed E-state index contributed by atoms with van der Waals surface area (Å²) in [6.45, 7) is 8.17. The average molecular weight is 273 g/mol. The number of carboxylic acids is 1. The largest absolute Gasteiger partial charge is 0.481 e. The van der Waals surface area contributed by atoms with Gasteiger partial charge < -0.3 is 14.6 Å². The molecule has 1 amide bonds. The molecule has 19 heavy (non-hydrogen) atoms. The molecule has 0 bridgehead atoms. The van der Waals surface area contributed by atoms with Crippen LogP contribution in [0.3, 0.4) is 0 Å². The van der Waals surface area contributed by atoms with E-state index >= 15 is 0 Å². The fourth-order valence-electron chi connectivity index (χ4n) is 2.11. The van der Waals surface area contributed by atoms with E-state index in [0.717, 1.165) is 0 Å². The summed E-state index contributed by atoms with van der Waals surface area (Å²) in [7, 11) is 0. The van der Waals surface area contributed by atoms with Crippen LogP contribution in [0.5, 0.6) is 0 Å². The normalized spacial score (nSPS) is 21.9. The molecule has 2 atom stereocenters. The van der Waals surface area contributed by atoms with Crippen LogP contribution in [0, 0.1) is 5.92 Å². The number of amides is 1. The Morgan fingerprint density at radius 3 is 2.58 bits per heavy atom. The first-order valence-electron chi connectivity index (χ1n) is 6.56. The quantitative estimate of drug-likeness (QED) is 0.847. The molecule has 1 rings (SSSR count). The Bertz CT molecular complexity index is 336. The third-order valence-electron chi connectivity index (χ3n) is 3.01. The molecule has 0 radical (unpaired) electrons. The molecule has 6 heteroatoms. The molecule has 1 fully saturated rings. The highest BCUT2D eigenvalue weighted by Gasteiger charge is 2.38. The first-order chi connectivity index (χ1) is 8.76. The van der Waals surface area contributed by atoms with Crippen molar-refractivity contribution in [1.82, 2.24) is 4.90 Å². The topological polar surface area (TPSA) is 76.1 Å². The van der Waals surface area contributed by atoms with Crippen molar-refractivity contribution in [3.8, 4) is 0 Å². The zero-order valence-corrected chi connectivity index (χ0v) is 12.0. The van der Waals surface area contributed by atoms with Gasteiger partial charge in [0.25, 0.3) is 0 Å². The SMILES string of the molecule is CCC(C(=O)O)C1COCCN1C(=O)OC(C)(C)C. The second kappa shape index (κ2) is 6.23. The highest BCUT2D eigenvalue weighted by atomic mass is 16.6. The van der Waals surface area contributed by atoms with Crippen molar-refractivity contribution >= 4 is 12.1 Å². The van der Waals surface area contributed by atoms with Crippen molar-refractivity contribution in [2.45, 2.75) is 45.8 Å². The van der Waals surface area contributed by atoms with Gasteiger partial charge in [-0.05, 0) is 27.2 Å². The minimum absolute atomic E-state index is 0.240. The summed E-state index contributed by atoms with van der Waals surface area (Å²) in [6.07, 6.45) is -0.0247. The summed E-state index contributed by atoms with van der Waals surface area (Å²) in [5, 5.41) is 9.22. The van der Waals surface area contributed by atoms with E-state index in [9.17, 15) is 14.7 Å². The van der Waals surface area contributed by atoms with E-state index in [1.807, 2.05) is 0 Å². The van der Waals surface area contributed by atoms with E-state index < -0.39 is 29.6 Å². The lowest BCUT2D eigenvalue weighted by Crippen LogP contribution is -2.54. The second-order valence-corrected chi connectivity index (χ2v) is 5.67. The first kappa shape index (κ1) is 15.8. The van der Waals surface area contributed by atoms with Gasteiger partial charge in [-0.1, -0.05) is 6.92 Å². The van der Waals surface area contributed by atoms with Gasteiger partial charge in [0, 0.05) is 6.54 Å². The summed E-state index contributed by atoms with van der Waals surface area (Å²) in [6, 6.07) is -0.467. The number of carbonyl (C=O) groups is 2. The predicted octanol–water partition coefficient (Wildman–Crippen LogP) is 1.73. The molecule has 0 aromatic heterocycles. The summed E-state index contributed by atoms with van der Waals surface area (Å²) in [5.74, 6) is -1.54. The monoisotopic (exact) mass is 273 g/mol. The zero-order valence-electron chi connectivity index (χ0n) is 12.0. The number of hydrogen-bond acceptors (Lipinski definition) is 4. The summed E-state index contributed by atoms with van der Waals surface area (Å²) >= 11 is 0. The predicted molar refractivity (Wildman–Crippen MR) is 69.0 cm³/mol. The Labute approximate surface area is 113 Å². The molecule has 1 aliphatic heterocycles. The number of hydrogen-bond donors (Lipinski definition) is 1. The lowest BCUT2D eigenvalue weighted by atomic mass is 9.95. The number of nitrogens with zero attached hydrogens (tertiary/aromatic N) is 1. The van der Waals surface area contributed by atoms with Gasteiger partial charge in [-0.25, -0.2) is 4.79 Å². The van der Waals surface area contributed by atoms with Gasteiger partial charge in [0.2, 0.25) is 0 Å². The van der Waals surface area contributed by atoms with Gasteiger partial charge in [-0.3, -0.25) is 9.69 Å². The van der Waals surface area contributed by atoms with Gasteiger partial charge >= 0.3 is 12.1 Å². The molecule has 0 aromatic rings. The zero-order chi connectivity index (χ0) is 14.6. The van der Waals surface area contributed by atoms with Gasteiger partial charge in [0.15, 0.2) is 0 Å². The average Bonchev–Trinajstić information content (AvgIpc) is 2.27. The standard InChI is InChI=1S/C13H23NO5/c1-5-9(11(15)16)10-8-18-7-6-14(10)12(17)19-13(2,3)4/h9-10H,5-8H2,1-4H3,(H,15,16).